The van der Waals surface area contributed by atoms with Crippen LogP contribution in [0.2, 0.25) is 5.28 Å². The number of nitrogens with one attached hydrogen (secondary N) is 1. The van der Waals surface area contributed by atoms with Gasteiger partial charge in [-0.05, 0) is 24.4 Å². The fraction of sp³-hybridized carbons (Fsp3) is 0.722. The fourth-order valence-electron chi connectivity index (χ4n) is 3.98. The van der Waals surface area contributed by atoms with Crippen LogP contribution in [-0.2, 0) is 9.47 Å². The molecule has 3 heterocycles. The van der Waals surface area contributed by atoms with Gasteiger partial charge in [-0.25, -0.2) is 9.07 Å². The molecule has 0 amide bonds. The molecule has 1 aliphatic carbocycles. The van der Waals surface area contributed by atoms with Gasteiger partial charge in [0, 0.05) is 21.3 Å². The summed E-state index contributed by atoms with van der Waals surface area (Å²) in [6.07, 6.45) is 2.94. The maximum absolute atomic E-state index is 14.8. The van der Waals surface area contributed by atoms with Gasteiger partial charge in [0.2, 0.25) is 5.28 Å². The average Bonchev–Trinajstić information content (AvgIpc) is 3.50. The first kappa shape index (κ1) is 23.0. The highest BCUT2D eigenvalue weighted by atomic mass is 35.5. The molecule has 2 aromatic rings. The van der Waals surface area contributed by atoms with E-state index in [0.29, 0.717) is 22.9 Å². The fourth-order valence-corrected chi connectivity index (χ4v) is 4.43. The molecule has 4 unspecified atom stereocenters. The van der Waals surface area contributed by atoms with Gasteiger partial charge in [-0.15, -0.1) is 0 Å². The maximum atomic E-state index is 14.8. The molecule has 2 aromatic heterocycles. The summed E-state index contributed by atoms with van der Waals surface area (Å²) in [5.41, 5.74) is 0.367. The molecule has 31 heavy (non-hydrogen) atoms. The first-order valence-corrected chi connectivity index (χ1v) is 11.5. The van der Waals surface area contributed by atoms with Crippen LogP contribution < -0.4 is 5.32 Å². The highest BCUT2D eigenvalue weighted by molar-refractivity contribution is 7.33. The largest absolute Gasteiger partial charge is 0.393 e. The molecule has 0 bridgehead atoms. The van der Waals surface area contributed by atoms with Crippen molar-refractivity contribution in [2.75, 3.05) is 25.1 Å². The number of ether oxygens (including phenoxy) is 2. The van der Waals surface area contributed by atoms with Crippen LogP contribution in [0, 0.1) is 0 Å². The minimum absolute atomic E-state index is 0.0273. The molecule has 10 nitrogen and oxygen atoms in total. The Hall–Kier alpha value is -1.20. The predicted molar refractivity (Wildman–Crippen MR) is 113 cm³/mol. The van der Waals surface area contributed by atoms with Crippen molar-refractivity contribution in [2.45, 2.75) is 62.0 Å². The molecule has 4 N–H and O–H groups in total. The van der Waals surface area contributed by atoms with Crippen molar-refractivity contribution in [3.05, 3.63) is 11.5 Å². The van der Waals surface area contributed by atoms with E-state index in [0.717, 1.165) is 25.7 Å². The molecule has 2 aliphatic rings. The number of hydrogen-bond donors (Lipinski definition) is 4. The lowest BCUT2D eigenvalue weighted by molar-refractivity contribution is -0.104. The summed E-state index contributed by atoms with van der Waals surface area (Å²) in [4.78, 5) is 17.9. The highest BCUT2D eigenvalue weighted by Crippen LogP contribution is 2.36. The van der Waals surface area contributed by atoms with Crippen LogP contribution in [-0.4, -0.2) is 78.3 Å². The number of fused-ring (bicyclic) bond motifs is 1. The van der Waals surface area contributed by atoms with Crippen molar-refractivity contribution >= 4 is 37.3 Å². The molecule has 2 fully saturated rings. The van der Waals surface area contributed by atoms with Crippen LogP contribution in [0.5, 0.6) is 0 Å². The van der Waals surface area contributed by atoms with E-state index >= 15 is 0 Å². The van der Waals surface area contributed by atoms with E-state index in [1.54, 1.807) is 6.20 Å². The molecule has 4 atom stereocenters. The van der Waals surface area contributed by atoms with Crippen molar-refractivity contribution in [3.63, 3.8) is 0 Å². The number of hydrogen-bond acceptors (Lipinski definition) is 9. The first-order valence-electron chi connectivity index (χ1n) is 10.2. The standard InChI is InChI=1S/C18H26ClFN5O5P/c19-17-23-14(22-10-3-1-2-4-10)12-6-21-25(15(12)24-17)16-13(20)5-11(30-16)7-29-18(8-26,9-27)31-28/h6,10-11,13,16,26-28,31H,1-5,7-9H2,(H,22,23,24). The summed E-state index contributed by atoms with van der Waals surface area (Å²) in [7, 11) is -0.834. The van der Waals surface area contributed by atoms with E-state index in [1.165, 1.54) is 4.68 Å². The minimum atomic E-state index is -1.48. The van der Waals surface area contributed by atoms with Gasteiger partial charge < -0.3 is 29.9 Å². The van der Waals surface area contributed by atoms with Crippen molar-refractivity contribution in [3.8, 4) is 0 Å². The number of aromatic nitrogens is 4. The second-order valence-corrected chi connectivity index (χ2v) is 9.40. The van der Waals surface area contributed by atoms with E-state index in [9.17, 15) is 19.5 Å². The van der Waals surface area contributed by atoms with Crippen molar-refractivity contribution in [2.24, 2.45) is 0 Å². The quantitative estimate of drug-likeness (QED) is 0.314. The number of aliphatic hydroxyl groups excluding tert-OH is 2. The van der Waals surface area contributed by atoms with Gasteiger partial charge in [0.25, 0.3) is 0 Å². The number of rotatable bonds is 9. The molecule has 1 aliphatic heterocycles. The summed E-state index contributed by atoms with van der Waals surface area (Å²) in [6.45, 7) is -1.23. The molecular weight excluding hydrogens is 452 g/mol. The monoisotopic (exact) mass is 477 g/mol. The van der Waals surface area contributed by atoms with Crippen LogP contribution in [0.25, 0.3) is 11.0 Å². The zero-order chi connectivity index (χ0) is 22.0. The van der Waals surface area contributed by atoms with Gasteiger partial charge in [0.05, 0.1) is 37.5 Å². The Bertz CT molecular complexity index is 889. The van der Waals surface area contributed by atoms with Crippen molar-refractivity contribution in [1.29, 1.82) is 0 Å². The Morgan fingerprint density at radius 2 is 2.06 bits per heavy atom. The smallest absolute Gasteiger partial charge is 0.226 e. The number of halogens is 2. The van der Waals surface area contributed by atoms with E-state index in [4.69, 9.17) is 21.1 Å². The van der Waals surface area contributed by atoms with Crippen molar-refractivity contribution in [1.82, 2.24) is 19.7 Å². The van der Waals surface area contributed by atoms with Gasteiger partial charge in [-0.3, -0.25) is 0 Å². The normalized spacial score (nSPS) is 25.4. The topological polar surface area (TPSA) is 135 Å². The lowest BCUT2D eigenvalue weighted by atomic mass is 10.2. The lowest BCUT2D eigenvalue weighted by Gasteiger charge is -2.28. The van der Waals surface area contributed by atoms with E-state index in [-0.39, 0.29) is 18.3 Å². The van der Waals surface area contributed by atoms with Gasteiger partial charge >= 0.3 is 0 Å². The average molecular weight is 478 g/mol. The SMILES string of the molecule is OCC(CO)(OCC1CC(F)C(n2ncc3c(NC4CCCC4)nc(Cl)nc32)O1)PO. The molecular formula is C18H26ClFN5O5P. The van der Waals surface area contributed by atoms with E-state index < -0.39 is 45.9 Å². The number of anilines is 1. The van der Waals surface area contributed by atoms with Crippen LogP contribution in [0.3, 0.4) is 0 Å². The Balaban J connectivity index is 1.51. The maximum Gasteiger partial charge on any atom is 0.226 e. The molecule has 0 aromatic carbocycles. The second kappa shape index (κ2) is 9.74. The highest BCUT2D eigenvalue weighted by Gasteiger charge is 2.40. The molecule has 1 saturated heterocycles. The van der Waals surface area contributed by atoms with Gasteiger partial charge in [0.1, 0.15) is 12.0 Å². The molecule has 13 heteroatoms. The van der Waals surface area contributed by atoms with Crippen LogP contribution >= 0.6 is 20.4 Å². The Kier molecular flexibility index (Phi) is 7.22. The Labute approximate surface area is 185 Å². The summed E-state index contributed by atoms with van der Waals surface area (Å²) < 4.78 is 27.5. The van der Waals surface area contributed by atoms with Gasteiger partial charge in [0.15, 0.2) is 17.2 Å². The molecule has 4 rings (SSSR count). The van der Waals surface area contributed by atoms with Crippen LogP contribution in [0.15, 0.2) is 6.20 Å². The van der Waals surface area contributed by atoms with Crippen molar-refractivity contribution < 1.29 is 29.0 Å². The summed E-state index contributed by atoms with van der Waals surface area (Å²) in [5.74, 6) is 0.570. The summed E-state index contributed by atoms with van der Waals surface area (Å²) >= 11 is 6.13. The molecule has 0 spiro atoms. The summed E-state index contributed by atoms with van der Waals surface area (Å²) in [6, 6.07) is 0.307. The Morgan fingerprint density at radius 3 is 2.74 bits per heavy atom. The summed E-state index contributed by atoms with van der Waals surface area (Å²) in [5, 5.41) is 25.6. The molecule has 1 saturated carbocycles. The number of alkyl halides is 1. The third kappa shape index (κ3) is 4.78. The first-order chi connectivity index (χ1) is 15.0. The van der Waals surface area contributed by atoms with E-state index in [2.05, 4.69) is 20.4 Å². The Morgan fingerprint density at radius 1 is 1.32 bits per heavy atom. The zero-order valence-electron chi connectivity index (χ0n) is 16.7. The third-order valence-electron chi connectivity index (χ3n) is 5.75. The molecule has 172 valence electrons. The zero-order valence-corrected chi connectivity index (χ0v) is 18.5. The van der Waals surface area contributed by atoms with E-state index in [1.807, 2.05) is 0 Å². The second-order valence-electron chi connectivity index (χ2n) is 7.93. The van der Waals surface area contributed by atoms with Gasteiger partial charge in [-0.1, -0.05) is 12.8 Å². The minimum Gasteiger partial charge on any atom is -0.393 e. The van der Waals surface area contributed by atoms with Gasteiger partial charge in [-0.2, -0.15) is 15.1 Å². The van der Waals surface area contributed by atoms with Crippen LogP contribution in [0.1, 0.15) is 38.3 Å². The third-order valence-corrected chi connectivity index (χ3v) is 6.79. The number of aliphatic hydroxyl groups is 2. The molecule has 0 radical (unpaired) electrons. The number of nitrogens with zero attached hydrogens (tertiary/aromatic N) is 4. The lowest BCUT2D eigenvalue weighted by Crippen LogP contribution is -2.38. The van der Waals surface area contributed by atoms with Crippen LogP contribution in [0.4, 0.5) is 10.2 Å². The predicted octanol–water partition coefficient (Wildman–Crippen LogP) is 1.74.